The van der Waals surface area contributed by atoms with Gasteiger partial charge in [0.15, 0.2) is 0 Å². The predicted octanol–water partition coefficient (Wildman–Crippen LogP) is 5.01. The van der Waals surface area contributed by atoms with E-state index < -0.39 is 24.0 Å². The van der Waals surface area contributed by atoms with Crippen LogP contribution in [0, 0.1) is 0 Å². The molecule has 0 aliphatic heterocycles. The zero-order valence-corrected chi connectivity index (χ0v) is 20.6. The van der Waals surface area contributed by atoms with Crippen molar-refractivity contribution in [1.29, 1.82) is 0 Å². The van der Waals surface area contributed by atoms with Crippen LogP contribution in [0.25, 0.3) is 0 Å². The molecule has 0 aliphatic carbocycles. The molecular weight excluding hydrogens is 484 g/mol. The quantitative estimate of drug-likeness (QED) is 0.353. The van der Waals surface area contributed by atoms with Crippen molar-refractivity contribution in [2.75, 3.05) is 7.11 Å². The Morgan fingerprint density at radius 2 is 1.67 bits per heavy atom. The van der Waals surface area contributed by atoms with Crippen LogP contribution in [0.2, 0.25) is 5.02 Å². The van der Waals surface area contributed by atoms with E-state index >= 15 is 0 Å². The average molecular weight is 511 g/mol. The molecule has 3 aromatic carbocycles. The Morgan fingerprint density at radius 3 is 2.33 bits per heavy atom. The Kier molecular flexibility index (Phi) is 9.30. The Labute approximate surface area is 214 Å². The minimum atomic E-state index is -1.14. The lowest BCUT2D eigenvalue weighted by Crippen LogP contribution is -2.41. The van der Waals surface area contributed by atoms with Crippen LogP contribution in [-0.2, 0) is 11.2 Å². The molecule has 0 unspecified atom stereocenters. The fourth-order valence-electron chi connectivity index (χ4n) is 3.48. The van der Waals surface area contributed by atoms with Gasteiger partial charge in [-0.2, -0.15) is 0 Å². The highest BCUT2D eigenvalue weighted by Crippen LogP contribution is 2.20. The number of carbonyl (C=O) groups excluding carboxylic acids is 2. The Hall–Kier alpha value is -4.04. The summed E-state index contributed by atoms with van der Waals surface area (Å²) in [7, 11) is 1.58. The minimum absolute atomic E-state index is 0.171. The van der Waals surface area contributed by atoms with Crippen LogP contribution >= 0.6 is 11.6 Å². The van der Waals surface area contributed by atoms with Crippen LogP contribution in [0.4, 0.5) is 4.79 Å². The van der Waals surface area contributed by atoms with Gasteiger partial charge in [-0.05, 0) is 67.3 Å². The number of hydrogen-bond acceptors (Lipinski definition) is 5. The molecule has 0 spiro atoms. The van der Waals surface area contributed by atoms with E-state index in [9.17, 15) is 19.5 Å². The van der Waals surface area contributed by atoms with Gasteiger partial charge < -0.3 is 25.2 Å². The number of carboxylic acids is 1. The summed E-state index contributed by atoms with van der Waals surface area (Å²) in [6.07, 6.45) is -0.0464. The van der Waals surface area contributed by atoms with Crippen LogP contribution < -0.4 is 20.1 Å². The molecule has 3 aromatic rings. The molecule has 0 bridgehead atoms. The summed E-state index contributed by atoms with van der Waals surface area (Å²) in [5, 5.41) is 15.0. The summed E-state index contributed by atoms with van der Waals surface area (Å²) in [5.74, 6) is -0.655. The summed E-state index contributed by atoms with van der Waals surface area (Å²) in [4.78, 5) is 36.4. The molecule has 0 fully saturated rings. The highest BCUT2D eigenvalue weighted by molar-refractivity contribution is 6.33. The molecule has 0 aromatic heterocycles. The lowest BCUT2D eigenvalue weighted by Gasteiger charge is -2.16. The first-order valence-electron chi connectivity index (χ1n) is 11.3. The third-order valence-corrected chi connectivity index (χ3v) is 5.84. The third kappa shape index (κ3) is 7.48. The van der Waals surface area contributed by atoms with Gasteiger partial charge in [0, 0.05) is 0 Å². The van der Waals surface area contributed by atoms with Gasteiger partial charge in [-0.15, -0.1) is 0 Å². The molecule has 0 heterocycles. The standard InChI is InChI=1S/C27H27ClN2O6/c1-17(19-6-5-7-21(16-19)35-2)29-27(34)36-20-13-10-18(11-14-20)12-15-24(26(32)33)30-25(31)22-8-3-4-9-23(22)28/h3-11,13-14,16-17,24H,12,15H2,1-2H3,(H,29,34)(H,30,31)(H,32,33)/t17-,24+/m1/s1. The number of nitrogens with one attached hydrogen (secondary N) is 2. The van der Waals surface area contributed by atoms with Gasteiger partial charge in [0.05, 0.1) is 23.7 Å². The predicted molar refractivity (Wildman–Crippen MR) is 136 cm³/mol. The largest absolute Gasteiger partial charge is 0.497 e. The number of aliphatic carboxylic acids is 1. The van der Waals surface area contributed by atoms with Crippen molar-refractivity contribution >= 4 is 29.6 Å². The molecule has 0 saturated heterocycles. The lowest BCUT2D eigenvalue weighted by molar-refractivity contribution is -0.139. The maximum absolute atomic E-state index is 12.4. The first-order valence-corrected chi connectivity index (χ1v) is 11.6. The molecule has 3 N–H and O–H groups in total. The average Bonchev–Trinajstić information content (AvgIpc) is 2.87. The van der Waals surface area contributed by atoms with Crippen LogP contribution in [0.1, 0.15) is 40.9 Å². The second kappa shape index (κ2) is 12.6. The van der Waals surface area contributed by atoms with Gasteiger partial charge in [-0.25, -0.2) is 9.59 Å². The second-order valence-electron chi connectivity index (χ2n) is 8.06. The van der Waals surface area contributed by atoms with E-state index in [1.54, 1.807) is 49.6 Å². The molecular formula is C27H27ClN2O6. The van der Waals surface area contributed by atoms with E-state index in [2.05, 4.69) is 10.6 Å². The van der Waals surface area contributed by atoms with Crippen LogP contribution in [0.3, 0.4) is 0 Å². The van der Waals surface area contributed by atoms with E-state index in [-0.39, 0.29) is 23.0 Å². The summed E-state index contributed by atoms with van der Waals surface area (Å²) in [6, 6.07) is 19.2. The smallest absolute Gasteiger partial charge is 0.413 e. The van der Waals surface area contributed by atoms with Crippen molar-refractivity contribution in [3.63, 3.8) is 0 Å². The SMILES string of the molecule is COc1cccc([C@@H](C)NC(=O)Oc2ccc(CC[C@H](NC(=O)c3ccccc3Cl)C(=O)O)cc2)c1. The van der Waals surface area contributed by atoms with Gasteiger partial charge in [-0.3, -0.25) is 4.79 Å². The molecule has 9 heteroatoms. The van der Waals surface area contributed by atoms with Gasteiger partial charge >= 0.3 is 12.1 Å². The second-order valence-corrected chi connectivity index (χ2v) is 8.47. The first-order chi connectivity index (χ1) is 17.3. The van der Waals surface area contributed by atoms with Crippen LogP contribution in [0.15, 0.2) is 72.8 Å². The van der Waals surface area contributed by atoms with Crippen molar-refractivity contribution in [3.05, 3.63) is 94.5 Å². The number of carboxylic acid groups (broad SMARTS) is 1. The molecule has 0 saturated carbocycles. The fraction of sp³-hybridized carbons (Fsp3) is 0.222. The molecule has 8 nitrogen and oxygen atoms in total. The Morgan fingerprint density at radius 1 is 0.944 bits per heavy atom. The number of aryl methyl sites for hydroxylation is 1. The van der Waals surface area contributed by atoms with E-state index in [1.807, 2.05) is 31.2 Å². The summed E-state index contributed by atoms with van der Waals surface area (Å²) in [6.45, 7) is 1.84. The normalized spacial score (nSPS) is 12.2. The van der Waals surface area contributed by atoms with Gasteiger partial charge in [-0.1, -0.05) is 48.0 Å². The van der Waals surface area contributed by atoms with Gasteiger partial charge in [0.2, 0.25) is 0 Å². The minimum Gasteiger partial charge on any atom is -0.497 e. The summed E-state index contributed by atoms with van der Waals surface area (Å²) < 4.78 is 10.6. The van der Waals surface area contributed by atoms with E-state index in [0.717, 1.165) is 11.1 Å². The zero-order chi connectivity index (χ0) is 26.1. The number of halogens is 1. The van der Waals surface area contributed by atoms with Gasteiger partial charge in [0.25, 0.3) is 5.91 Å². The van der Waals surface area contributed by atoms with Crippen molar-refractivity contribution in [3.8, 4) is 11.5 Å². The zero-order valence-electron chi connectivity index (χ0n) is 19.9. The fourth-order valence-corrected chi connectivity index (χ4v) is 3.70. The van der Waals surface area contributed by atoms with E-state index in [0.29, 0.717) is 17.9 Å². The lowest BCUT2D eigenvalue weighted by atomic mass is 10.0. The molecule has 188 valence electrons. The number of methoxy groups -OCH3 is 1. The third-order valence-electron chi connectivity index (χ3n) is 5.51. The van der Waals surface area contributed by atoms with Gasteiger partial charge in [0.1, 0.15) is 17.5 Å². The Balaban J connectivity index is 1.52. The number of amides is 2. The Bertz CT molecular complexity index is 1210. The van der Waals surface area contributed by atoms with E-state index in [4.69, 9.17) is 21.1 Å². The van der Waals surface area contributed by atoms with Crippen molar-refractivity contribution in [2.45, 2.75) is 31.8 Å². The van der Waals surface area contributed by atoms with Crippen LogP contribution in [-0.4, -0.2) is 36.2 Å². The monoisotopic (exact) mass is 510 g/mol. The molecule has 3 rings (SSSR count). The maximum atomic E-state index is 12.4. The summed E-state index contributed by atoms with van der Waals surface area (Å²) in [5.41, 5.74) is 1.91. The summed E-state index contributed by atoms with van der Waals surface area (Å²) >= 11 is 6.02. The van der Waals surface area contributed by atoms with Crippen molar-refractivity contribution in [1.82, 2.24) is 10.6 Å². The topological polar surface area (TPSA) is 114 Å². The van der Waals surface area contributed by atoms with Crippen molar-refractivity contribution < 1.29 is 29.0 Å². The number of benzene rings is 3. The highest BCUT2D eigenvalue weighted by atomic mass is 35.5. The van der Waals surface area contributed by atoms with E-state index in [1.165, 1.54) is 6.07 Å². The molecule has 2 amide bonds. The number of hydrogen-bond donors (Lipinski definition) is 3. The first kappa shape index (κ1) is 26.6. The highest BCUT2D eigenvalue weighted by Gasteiger charge is 2.21. The molecule has 0 radical (unpaired) electrons. The molecule has 2 atom stereocenters. The number of carbonyl (C=O) groups is 3. The molecule has 0 aliphatic rings. The van der Waals surface area contributed by atoms with Crippen molar-refractivity contribution in [2.24, 2.45) is 0 Å². The number of ether oxygens (including phenoxy) is 2. The maximum Gasteiger partial charge on any atom is 0.413 e. The number of rotatable bonds is 10. The van der Waals surface area contributed by atoms with Crippen LogP contribution in [0.5, 0.6) is 11.5 Å². The molecule has 36 heavy (non-hydrogen) atoms.